The first-order valence-electron chi connectivity index (χ1n) is 6.55. The summed E-state index contributed by atoms with van der Waals surface area (Å²) < 4.78 is 2.95. The molecule has 1 unspecified atom stereocenters. The van der Waals surface area contributed by atoms with Crippen LogP contribution in [0.15, 0.2) is 4.47 Å². The van der Waals surface area contributed by atoms with Crippen LogP contribution in [0.5, 0.6) is 0 Å². The molecule has 1 aromatic rings. The molecule has 0 saturated heterocycles. The molecule has 0 aliphatic rings. The average Bonchev–Trinajstić information content (AvgIpc) is 2.54. The van der Waals surface area contributed by atoms with Crippen LogP contribution in [-0.2, 0) is 20.0 Å². The molecule has 0 fully saturated rings. The average molecular weight is 333 g/mol. The Hall–Kier alpha value is -0.430. The molecule has 0 aromatic carbocycles. The van der Waals surface area contributed by atoms with Gasteiger partial charge in [-0.25, -0.2) is 0 Å². The van der Waals surface area contributed by atoms with Crippen LogP contribution in [0.25, 0.3) is 0 Å². The standard InChI is InChI=1S/C13H25BrN4O/c1-6-10-12(14)11(18(5)16-10)7-15-8-13(2,19)9-17(3)4/h15,19H,6-9H2,1-5H3. The first kappa shape index (κ1) is 16.6. The third-order valence-electron chi connectivity index (χ3n) is 2.96. The molecule has 2 N–H and O–H groups in total. The van der Waals surface area contributed by atoms with Crippen LogP contribution < -0.4 is 5.32 Å². The van der Waals surface area contributed by atoms with E-state index in [1.165, 1.54) is 0 Å². The molecule has 1 heterocycles. The van der Waals surface area contributed by atoms with Gasteiger partial charge in [0.05, 0.1) is 21.5 Å². The Kier molecular flexibility index (Phi) is 5.98. The van der Waals surface area contributed by atoms with Crippen molar-refractivity contribution in [2.45, 2.75) is 32.4 Å². The van der Waals surface area contributed by atoms with Gasteiger partial charge in [0, 0.05) is 26.7 Å². The summed E-state index contributed by atoms with van der Waals surface area (Å²) in [6, 6.07) is 0. The second kappa shape index (κ2) is 6.83. The first-order chi connectivity index (χ1) is 8.76. The molecule has 0 radical (unpaired) electrons. The molecule has 5 nitrogen and oxygen atoms in total. The summed E-state index contributed by atoms with van der Waals surface area (Å²) in [5.41, 5.74) is 1.44. The summed E-state index contributed by atoms with van der Waals surface area (Å²) in [4.78, 5) is 1.98. The van der Waals surface area contributed by atoms with Crippen LogP contribution in [0, 0.1) is 0 Å². The second-order valence-corrected chi connectivity index (χ2v) is 6.32. The molecule has 0 aliphatic heterocycles. The number of hydrogen-bond donors (Lipinski definition) is 2. The summed E-state index contributed by atoms with van der Waals surface area (Å²) in [6.07, 6.45) is 0.909. The van der Waals surface area contributed by atoms with E-state index in [9.17, 15) is 5.11 Å². The van der Waals surface area contributed by atoms with Crippen LogP contribution in [0.1, 0.15) is 25.2 Å². The lowest BCUT2D eigenvalue weighted by molar-refractivity contribution is 0.0334. The highest BCUT2D eigenvalue weighted by Gasteiger charge is 2.21. The van der Waals surface area contributed by atoms with Crippen LogP contribution in [0.2, 0.25) is 0 Å². The Morgan fingerprint density at radius 1 is 1.47 bits per heavy atom. The zero-order valence-electron chi connectivity index (χ0n) is 12.5. The van der Waals surface area contributed by atoms with E-state index in [1.54, 1.807) is 0 Å². The molecule has 1 atom stereocenters. The van der Waals surface area contributed by atoms with Crippen molar-refractivity contribution in [2.75, 3.05) is 27.2 Å². The van der Waals surface area contributed by atoms with Crippen LogP contribution >= 0.6 is 15.9 Å². The molecule has 1 aromatic heterocycles. The molecule has 0 aliphatic carbocycles. The minimum atomic E-state index is -0.734. The maximum Gasteiger partial charge on any atom is 0.0869 e. The number of nitrogens with zero attached hydrogens (tertiary/aromatic N) is 3. The maximum absolute atomic E-state index is 10.2. The van der Waals surface area contributed by atoms with Crippen molar-refractivity contribution in [1.29, 1.82) is 0 Å². The number of halogens is 1. The highest BCUT2D eigenvalue weighted by atomic mass is 79.9. The smallest absolute Gasteiger partial charge is 0.0869 e. The number of aryl methyl sites for hydroxylation is 2. The van der Waals surface area contributed by atoms with Crippen molar-refractivity contribution in [2.24, 2.45) is 7.05 Å². The van der Waals surface area contributed by atoms with Gasteiger partial charge in [0.1, 0.15) is 0 Å². The van der Waals surface area contributed by atoms with Crippen LogP contribution in [-0.4, -0.2) is 52.6 Å². The van der Waals surface area contributed by atoms with Gasteiger partial charge in [0.15, 0.2) is 0 Å². The van der Waals surface area contributed by atoms with Crippen molar-refractivity contribution in [1.82, 2.24) is 20.0 Å². The monoisotopic (exact) mass is 332 g/mol. The predicted octanol–water partition coefficient (Wildman–Crippen LogP) is 1.15. The zero-order valence-corrected chi connectivity index (χ0v) is 14.1. The molecule has 0 spiro atoms. The van der Waals surface area contributed by atoms with Gasteiger partial charge in [0.2, 0.25) is 0 Å². The molecular weight excluding hydrogens is 308 g/mol. The van der Waals surface area contributed by atoms with Crippen LogP contribution in [0.4, 0.5) is 0 Å². The normalized spacial score (nSPS) is 14.9. The molecule has 0 bridgehead atoms. The number of hydrogen-bond acceptors (Lipinski definition) is 4. The van der Waals surface area contributed by atoms with E-state index < -0.39 is 5.60 Å². The van der Waals surface area contributed by atoms with Crippen molar-refractivity contribution < 1.29 is 5.11 Å². The summed E-state index contributed by atoms with van der Waals surface area (Å²) >= 11 is 3.59. The third kappa shape index (κ3) is 4.87. The number of nitrogens with one attached hydrogen (secondary N) is 1. The van der Waals surface area contributed by atoms with Gasteiger partial charge >= 0.3 is 0 Å². The quantitative estimate of drug-likeness (QED) is 0.786. The molecule has 19 heavy (non-hydrogen) atoms. The van der Waals surface area contributed by atoms with Crippen LogP contribution in [0.3, 0.4) is 0 Å². The van der Waals surface area contributed by atoms with E-state index in [4.69, 9.17) is 0 Å². The highest BCUT2D eigenvalue weighted by molar-refractivity contribution is 9.10. The van der Waals surface area contributed by atoms with Gasteiger partial charge in [-0.15, -0.1) is 0 Å². The molecule has 0 amide bonds. The number of rotatable bonds is 7. The first-order valence-corrected chi connectivity index (χ1v) is 7.34. The van der Waals surface area contributed by atoms with Gasteiger partial charge in [-0.05, 0) is 43.4 Å². The zero-order chi connectivity index (χ0) is 14.6. The Morgan fingerprint density at radius 2 is 2.11 bits per heavy atom. The fourth-order valence-corrected chi connectivity index (χ4v) is 2.96. The number of aliphatic hydroxyl groups is 1. The largest absolute Gasteiger partial charge is 0.388 e. The van der Waals surface area contributed by atoms with Crippen molar-refractivity contribution >= 4 is 15.9 Å². The molecule has 110 valence electrons. The molecule has 1 rings (SSSR count). The summed E-state index contributed by atoms with van der Waals surface area (Å²) in [5, 5.41) is 18.0. The number of likely N-dealkylation sites (N-methyl/N-ethyl adjacent to an activating group) is 1. The number of aromatic nitrogens is 2. The Bertz CT molecular complexity index is 415. The highest BCUT2D eigenvalue weighted by Crippen LogP contribution is 2.21. The predicted molar refractivity (Wildman–Crippen MR) is 81.2 cm³/mol. The second-order valence-electron chi connectivity index (χ2n) is 5.52. The van der Waals surface area contributed by atoms with Gasteiger partial charge < -0.3 is 15.3 Å². The minimum absolute atomic E-state index is 0.546. The maximum atomic E-state index is 10.2. The van der Waals surface area contributed by atoms with E-state index >= 15 is 0 Å². The van der Waals surface area contributed by atoms with E-state index in [-0.39, 0.29) is 0 Å². The fourth-order valence-electron chi connectivity index (χ4n) is 2.20. The lowest BCUT2D eigenvalue weighted by Crippen LogP contribution is -2.45. The summed E-state index contributed by atoms with van der Waals surface area (Å²) in [6.45, 7) is 5.80. The van der Waals surface area contributed by atoms with Crippen molar-refractivity contribution in [3.63, 3.8) is 0 Å². The fraction of sp³-hybridized carbons (Fsp3) is 0.769. The van der Waals surface area contributed by atoms with E-state index in [2.05, 4.69) is 33.3 Å². The topological polar surface area (TPSA) is 53.3 Å². The van der Waals surface area contributed by atoms with Gasteiger partial charge in [0.25, 0.3) is 0 Å². The van der Waals surface area contributed by atoms with Crippen molar-refractivity contribution in [3.05, 3.63) is 15.9 Å². The molecule has 6 heteroatoms. The lowest BCUT2D eigenvalue weighted by Gasteiger charge is -2.27. The molecular formula is C13H25BrN4O. The lowest BCUT2D eigenvalue weighted by atomic mass is 10.1. The summed E-state index contributed by atoms with van der Waals surface area (Å²) in [7, 11) is 5.86. The van der Waals surface area contributed by atoms with Crippen molar-refractivity contribution in [3.8, 4) is 0 Å². The molecule has 0 saturated carbocycles. The SMILES string of the molecule is CCc1nn(C)c(CNCC(C)(O)CN(C)C)c1Br. The van der Waals surface area contributed by atoms with Gasteiger partial charge in [-0.2, -0.15) is 5.10 Å². The van der Waals surface area contributed by atoms with E-state index in [0.717, 1.165) is 22.3 Å². The third-order valence-corrected chi connectivity index (χ3v) is 3.87. The van der Waals surface area contributed by atoms with Gasteiger partial charge in [-0.3, -0.25) is 4.68 Å². The summed E-state index contributed by atoms with van der Waals surface area (Å²) in [5.74, 6) is 0. The van der Waals surface area contributed by atoms with E-state index in [0.29, 0.717) is 19.6 Å². The van der Waals surface area contributed by atoms with Gasteiger partial charge in [-0.1, -0.05) is 6.92 Å². The van der Waals surface area contributed by atoms with E-state index in [1.807, 2.05) is 37.6 Å². The Balaban J connectivity index is 2.56. The Morgan fingerprint density at radius 3 is 2.58 bits per heavy atom. The Labute approximate surface area is 124 Å². The minimum Gasteiger partial charge on any atom is -0.388 e.